The number of hydrogen-bond acceptors (Lipinski definition) is 1. The molecule has 0 atom stereocenters. The van der Waals surface area contributed by atoms with Gasteiger partial charge >= 0.3 is 0 Å². The number of benzene rings is 11. The van der Waals surface area contributed by atoms with Crippen LogP contribution >= 0.6 is 11.3 Å². The Morgan fingerprint density at radius 2 is 0.709 bits per heavy atom. The zero-order valence-corrected chi connectivity index (χ0v) is 30.7. The van der Waals surface area contributed by atoms with Crippen molar-refractivity contribution in [1.29, 1.82) is 0 Å². The molecule has 0 saturated heterocycles. The van der Waals surface area contributed by atoms with Gasteiger partial charge in [-0.3, -0.25) is 0 Å². The van der Waals surface area contributed by atoms with Crippen molar-refractivity contribution in [2.75, 3.05) is 0 Å². The summed E-state index contributed by atoms with van der Waals surface area (Å²) < 4.78 is 2.66. The molecule has 55 heavy (non-hydrogen) atoms. The SMILES string of the molecule is c1ccc(-c2ccc3c(c2)c2ccccc2c2c4ccc(-c5ccc(-c6cccc7sc8ccccc8c67)c6ccccc56)cc4c4ccccc4c32)cc1. The summed E-state index contributed by atoms with van der Waals surface area (Å²) in [6, 6.07) is 72.2. The molecule has 1 aromatic heterocycles. The Morgan fingerprint density at radius 3 is 1.40 bits per heavy atom. The first-order chi connectivity index (χ1) is 27.3. The molecule has 0 aliphatic rings. The molecule has 254 valence electrons. The van der Waals surface area contributed by atoms with Gasteiger partial charge in [-0.25, -0.2) is 0 Å². The van der Waals surface area contributed by atoms with Gasteiger partial charge in [0.25, 0.3) is 0 Å². The van der Waals surface area contributed by atoms with E-state index in [1.54, 1.807) is 0 Å². The molecule has 0 bridgehead atoms. The fourth-order valence-corrected chi connectivity index (χ4v) is 10.6. The quantitative estimate of drug-likeness (QED) is 0.160. The molecule has 0 saturated carbocycles. The summed E-state index contributed by atoms with van der Waals surface area (Å²) in [5.74, 6) is 0. The van der Waals surface area contributed by atoms with Gasteiger partial charge in [0.1, 0.15) is 0 Å². The van der Waals surface area contributed by atoms with Crippen LogP contribution in [0.1, 0.15) is 0 Å². The van der Waals surface area contributed by atoms with E-state index in [1.165, 1.54) is 118 Å². The molecule has 0 N–H and O–H groups in total. The molecule has 0 amide bonds. The third-order valence-corrected chi connectivity index (χ3v) is 13.0. The van der Waals surface area contributed by atoms with Gasteiger partial charge in [0, 0.05) is 20.2 Å². The smallest absolute Gasteiger partial charge is 0.0361 e. The van der Waals surface area contributed by atoms with Crippen molar-refractivity contribution < 1.29 is 0 Å². The van der Waals surface area contributed by atoms with E-state index in [-0.39, 0.29) is 0 Å². The number of hydrogen-bond donors (Lipinski definition) is 0. The maximum atomic E-state index is 2.45. The lowest BCUT2D eigenvalue weighted by Gasteiger charge is -2.18. The highest BCUT2D eigenvalue weighted by Gasteiger charge is 2.19. The second kappa shape index (κ2) is 11.9. The predicted octanol–water partition coefficient (Wildman–Crippen LogP) is 16.0. The Balaban J connectivity index is 1.12. The molecule has 0 radical (unpaired) electrons. The van der Waals surface area contributed by atoms with Gasteiger partial charge in [-0.05, 0) is 122 Å². The van der Waals surface area contributed by atoms with Gasteiger partial charge in [-0.2, -0.15) is 0 Å². The number of rotatable bonds is 3. The van der Waals surface area contributed by atoms with Crippen molar-refractivity contribution >= 4 is 96.1 Å². The van der Waals surface area contributed by atoms with Crippen LogP contribution in [-0.4, -0.2) is 0 Å². The fourth-order valence-electron chi connectivity index (χ4n) is 9.43. The van der Waals surface area contributed by atoms with Crippen molar-refractivity contribution in [3.05, 3.63) is 194 Å². The molecule has 1 heteroatoms. The molecule has 1 heterocycles. The zero-order valence-electron chi connectivity index (χ0n) is 29.9. The van der Waals surface area contributed by atoms with Crippen LogP contribution in [0.4, 0.5) is 0 Å². The van der Waals surface area contributed by atoms with E-state index in [1.807, 2.05) is 11.3 Å². The highest BCUT2D eigenvalue weighted by molar-refractivity contribution is 7.25. The van der Waals surface area contributed by atoms with Gasteiger partial charge in [0.2, 0.25) is 0 Å². The zero-order chi connectivity index (χ0) is 36.0. The molecule has 11 aromatic carbocycles. The van der Waals surface area contributed by atoms with Crippen molar-refractivity contribution in [2.45, 2.75) is 0 Å². The minimum absolute atomic E-state index is 1.23. The molecule has 0 aliphatic heterocycles. The molecule has 12 rings (SSSR count). The van der Waals surface area contributed by atoms with Crippen LogP contribution in [0.25, 0.3) is 118 Å². The van der Waals surface area contributed by atoms with E-state index < -0.39 is 0 Å². The highest BCUT2D eigenvalue weighted by atomic mass is 32.1. The third-order valence-electron chi connectivity index (χ3n) is 11.8. The number of thiophene rings is 1. The van der Waals surface area contributed by atoms with Crippen LogP contribution in [0.2, 0.25) is 0 Å². The van der Waals surface area contributed by atoms with Crippen LogP contribution in [0.3, 0.4) is 0 Å². The minimum Gasteiger partial charge on any atom is -0.135 e. The second-order valence-electron chi connectivity index (χ2n) is 14.7. The molecule has 0 fully saturated rings. The number of fused-ring (bicyclic) bond motifs is 15. The van der Waals surface area contributed by atoms with Crippen molar-refractivity contribution in [3.63, 3.8) is 0 Å². The van der Waals surface area contributed by atoms with E-state index >= 15 is 0 Å². The first-order valence-electron chi connectivity index (χ1n) is 19.0. The maximum absolute atomic E-state index is 2.45. The Kier molecular flexibility index (Phi) is 6.60. The van der Waals surface area contributed by atoms with E-state index in [4.69, 9.17) is 0 Å². The predicted molar refractivity (Wildman–Crippen MR) is 241 cm³/mol. The summed E-state index contributed by atoms with van der Waals surface area (Å²) in [6.07, 6.45) is 0. The summed E-state index contributed by atoms with van der Waals surface area (Å²) in [5, 5.41) is 18.2. The van der Waals surface area contributed by atoms with Gasteiger partial charge in [-0.15, -0.1) is 11.3 Å². The molecule has 0 unspecified atom stereocenters. The molecule has 0 aliphatic carbocycles. The van der Waals surface area contributed by atoms with Crippen molar-refractivity contribution in [3.8, 4) is 33.4 Å². The van der Waals surface area contributed by atoms with Gasteiger partial charge in [0.15, 0.2) is 0 Å². The van der Waals surface area contributed by atoms with Gasteiger partial charge < -0.3 is 0 Å². The highest BCUT2D eigenvalue weighted by Crippen LogP contribution is 2.47. The minimum atomic E-state index is 1.23. The monoisotopic (exact) mass is 712 g/mol. The van der Waals surface area contributed by atoms with E-state index in [0.29, 0.717) is 0 Å². The largest absolute Gasteiger partial charge is 0.135 e. The van der Waals surface area contributed by atoms with E-state index in [9.17, 15) is 0 Å². The first kappa shape index (κ1) is 30.6. The molecular weight excluding hydrogens is 681 g/mol. The summed E-state index contributed by atoms with van der Waals surface area (Å²) >= 11 is 1.88. The van der Waals surface area contributed by atoms with Crippen molar-refractivity contribution in [2.24, 2.45) is 0 Å². The normalized spacial score (nSPS) is 12.0. The summed E-state index contributed by atoms with van der Waals surface area (Å²) in [7, 11) is 0. The summed E-state index contributed by atoms with van der Waals surface area (Å²) in [5.41, 5.74) is 7.54. The van der Waals surface area contributed by atoms with Crippen LogP contribution in [0.15, 0.2) is 194 Å². The summed E-state index contributed by atoms with van der Waals surface area (Å²) in [4.78, 5) is 0. The van der Waals surface area contributed by atoms with E-state index in [2.05, 4.69) is 194 Å². The molecule has 0 spiro atoms. The average Bonchev–Trinajstić information content (AvgIpc) is 3.65. The maximum Gasteiger partial charge on any atom is 0.0361 e. The Morgan fingerprint density at radius 1 is 0.218 bits per heavy atom. The van der Waals surface area contributed by atoms with Crippen LogP contribution in [0.5, 0.6) is 0 Å². The molecule has 12 aromatic rings. The average molecular weight is 713 g/mol. The van der Waals surface area contributed by atoms with Crippen LogP contribution in [-0.2, 0) is 0 Å². The van der Waals surface area contributed by atoms with Crippen LogP contribution in [0, 0.1) is 0 Å². The first-order valence-corrected chi connectivity index (χ1v) is 19.8. The van der Waals surface area contributed by atoms with Crippen molar-refractivity contribution in [1.82, 2.24) is 0 Å². The Labute approximate surface area is 322 Å². The topological polar surface area (TPSA) is 0 Å². The lowest BCUT2D eigenvalue weighted by Crippen LogP contribution is -1.90. The van der Waals surface area contributed by atoms with Gasteiger partial charge in [-0.1, -0.05) is 170 Å². The summed E-state index contributed by atoms with van der Waals surface area (Å²) in [6.45, 7) is 0. The molecular formula is C54H32S. The Hall–Kier alpha value is -6.80. The lowest BCUT2D eigenvalue weighted by atomic mass is 9.85. The Bertz CT molecular complexity index is 3530. The molecule has 0 nitrogen and oxygen atoms in total. The fraction of sp³-hybridized carbons (Fsp3) is 0. The third kappa shape index (κ3) is 4.51. The van der Waals surface area contributed by atoms with E-state index in [0.717, 1.165) is 0 Å². The van der Waals surface area contributed by atoms with Crippen LogP contribution < -0.4 is 0 Å². The lowest BCUT2D eigenvalue weighted by molar-refractivity contribution is 1.65. The van der Waals surface area contributed by atoms with Gasteiger partial charge in [0.05, 0.1) is 0 Å². The standard InChI is InChI=1S/C54H32S/c1-2-13-33(14-3-1)34-25-27-45-48(31-34)39-17-6-8-19-43(39)54-46-28-26-35(32-49(46)40-18-7-9-20-44(40)53(45)54)36-29-30-41(38-16-5-4-15-37(36)38)42-22-12-24-51-52(42)47-21-10-11-23-50(47)55-51/h1-32H. The second-order valence-corrected chi connectivity index (χ2v) is 15.8.